The SMILES string of the molecule is Cn1cc(S(=O)(=O)N2CCCC(CCC(=O)O)C2)cn1. The van der Waals surface area contributed by atoms with E-state index >= 15 is 0 Å². The third-order valence-electron chi connectivity index (χ3n) is 3.57. The molecule has 7 nitrogen and oxygen atoms in total. The van der Waals surface area contributed by atoms with Gasteiger partial charge in [0.2, 0.25) is 10.0 Å². The fraction of sp³-hybridized carbons (Fsp3) is 0.667. The second kappa shape index (κ2) is 5.92. The largest absolute Gasteiger partial charge is 0.481 e. The van der Waals surface area contributed by atoms with Crippen LogP contribution in [-0.2, 0) is 21.9 Å². The Morgan fingerprint density at radius 1 is 1.55 bits per heavy atom. The predicted octanol–water partition coefficient (Wildman–Crippen LogP) is 0.686. The van der Waals surface area contributed by atoms with Crippen molar-refractivity contribution >= 4 is 16.0 Å². The van der Waals surface area contributed by atoms with E-state index in [0.717, 1.165) is 12.8 Å². The first kappa shape index (κ1) is 15.0. The minimum Gasteiger partial charge on any atom is -0.481 e. The Bertz CT molecular complexity index is 581. The summed E-state index contributed by atoms with van der Waals surface area (Å²) < 4.78 is 27.8. The summed E-state index contributed by atoms with van der Waals surface area (Å²) in [5.74, 6) is -0.719. The number of aromatic nitrogens is 2. The summed E-state index contributed by atoms with van der Waals surface area (Å²) in [7, 11) is -1.84. The quantitative estimate of drug-likeness (QED) is 0.863. The molecule has 0 amide bonds. The molecule has 1 aromatic rings. The Hall–Kier alpha value is -1.41. The molecule has 1 aliphatic heterocycles. The summed E-state index contributed by atoms with van der Waals surface area (Å²) in [5.41, 5.74) is 0. The number of sulfonamides is 1. The summed E-state index contributed by atoms with van der Waals surface area (Å²) in [5, 5.41) is 12.6. The third-order valence-corrected chi connectivity index (χ3v) is 5.39. The summed E-state index contributed by atoms with van der Waals surface area (Å²) in [6.07, 6.45) is 5.09. The number of hydrogen-bond acceptors (Lipinski definition) is 4. The normalized spacial score (nSPS) is 20.9. The fourth-order valence-electron chi connectivity index (χ4n) is 2.49. The van der Waals surface area contributed by atoms with Crippen LogP contribution < -0.4 is 0 Å². The molecule has 8 heteroatoms. The summed E-state index contributed by atoms with van der Waals surface area (Å²) >= 11 is 0. The second-order valence-corrected chi connectivity index (χ2v) is 7.09. The maximum absolute atomic E-state index is 12.4. The van der Waals surface area contributed by atoms with Gasteiger partial charge in [0.05, 0.1) is 6.20 Å². The van der Waals surface area contributed by atoms with E-state index in [1.54, 1.807) is 7.05 Å². The molecule has 1 saturated heterocycles. The van der Waals surface area contributed by atoms with E-state index in [4.69, 9.17) is 5.11 Å². The van der Waals surface area contributed by atoms with Gasteiger partial charge in [-0.1, -0.05) is 0 Å². The van der Waals surface area contributed by atoms with Crippen LogP contribution in [0.2, 0.25) is 0 Å². The zero-order valence-corrected chi connectivity index (χ0v) is 12.2. The molecule has 112 valence electrons. The van der Waals surface area contributed by atoms with Crippen LogP contribution in [0.25, 0.3) is 0 Å². The molecule has 20 heavy (non-hydrogen) atoms. The van der Waals surface area contributed by atoms with Crippen molar-refractivity contribution in [1.82, 2.24) is 14.1 Å². The fourth-order valence-corrected chi connectivity index (χ4v) is 4.03. The maximum Gasteiger partial charge on any atom is 0.303 e. The van der Waals surface area contributed by atoms with Crippen molar-refractivity contribution in [2.24, 2.45) is 13.0 Å². The molecule has 0 aliphatic carbocycles. The number of nitrogens with zero attached hydrogens (tertiary/aromatic N) is 3. The van der Waals surface area contributed by atoms with Crippen LogP contribution in [0.1, 0.15) is 25.7 Å². The van der Waals surface area contributed by atoms with E-state index in [2.05, 4.69) is 5.10 Å². The molecule has 0 aromatic carbocycles. The van der Waals surface area contributed by atoms with Crippen molar-refractivity contribution in [2.45, 2.75) is 30.6 Å². The molecule has 2 heterocycles. The van der Waals surface area contributed by atoms with Gasteiger partial charge in [-0.15, -0.1) is 0 Å². The van der Waals surface area contributed by atoms with Gasteiger partial charge < -0.3 is 5.11 Å². The third kappa shape index (κ3) is 3.37. The lowest BCUT2D eigenvalue weighted by Crippen LogP contribution is -2.39. The maximum atomic E-state index is 12.4. The van der Waals surface area contributed by atoms with E-state index in [-0.39, 0.29) is 17.2 Å². The molecule has 1 aromatic heterocycles. The second-order valence-electron chi connectivity index (χ2n) is 5.15. The highest BCUT2D eigenvalue weighted by molar-refractivity contribution is 7.89. The van der Waals surface area contributed by atoms with Gasteiger partial charge in [0, 0.05) is 32.8 Å². The molecular formula is C12H19N3O4S. The lowest BCUT2D eigenvalue weighted by atomic mass is 9.95. The molecule has 1 unspecified atom stereocenters. The van der Waals surface area contributed by atoms with E-state index < -0.39 is 16.0 Å². The highest BCUT2D eigenvalue weighted by Gasteiger charge is 2.31. The topological polar surface area (TPSA) is 92.5 Å². The summed E-state index contributed by atoms with van der Waals surface area (Å²) in [6.45, 7) is 0.880. The molecule has 0 bridgehead atoms. The van der Waals surface area contributed by atoms with Gasteiger partial charge in [-0.05, 0) is 25.2 Å². The Morgan fingerprint density at radius 3 is 2.90 bits per heavy atom. The number of hydrogen-bond donors (Lipinski definition) is 1. The number of aliphatic carboxylic acids is 1. The Morgan fingerprint density at radius 2 is 2.30 bits per heavy atom. The van der Waals surface area contributed by atoms with Gasteiger partial charge in [-0.25, -0.2) is 8.42 Å². The van der Waals surface area contributed by atoms with Crippen LogP contribution in [-0.4, -0.2) is 46.7 Å². The number of carboxylic acids is 1. The first-order valence-electron chi connectivity index (χ1n) is 6.60. The van der Waals surface area contributed by atoms with Crippen LogP contribution in [0.3, 0.4) is 0 Å². The highest BCUT2D eigenvalue weighted by Crippen LogP contribution is 2.25. The molecule has 2 rings (SSSR count). The number of carboxylic acid groups (broad SMARTS) is 1. The Balaban J connectivity index is 2.06. The lowest BCUT2D eigenvalue weighted by molar-refractivity contribution is -0.137. The van der Waals surface area contributed by atoms with Gasteiger partial charge in [0.1, 0.15) is 4.90 Å². The molecule has 1 aliphatic rings. The minimum atomic E-state index is -3.51. The predicted molar refractivity (Wildman–Crippen MR) is 71.6 cm³/mol. The van der Waals surface area contributed by atoms with Crippen molar-refractivity contribution in [1.29, 1.82) is 0 Å². The average Bonchev–Trinajstić information content (AvgIpc) is 2.84. The molecule has 0 saturated carbocycles. The summed E-state index contributed by atoms with van der Waals surface area (Å²) in [4.78, 5) is 10.8. The van der Waals surface area contributed by atoms with Crippen molar-refractivity contribution in [3.05, 3.63) is 12.4 Å². The minimum absolute atomic E-state index is 0.0887. The van der Waals surface area contributed by atoms with Gasteiger partial charge in [-0.2, -0.15) is 9.40 Å². The van der Waals surface area contributed by atoms with E-state index in [0.29, 0.717) is 19.5 Å². The van der Waals surface area contributed by atoms with Crippen LogP contribution >= 0.6 is 0 Å². The monoisotopic (exact) mass is 301 g/mol. The van der Waals surface area contributed by atoms with Gasteiger partial charge in [0.15, 0.2) is 0 Å². The molecule has 1 atom stereocenters. The van der Waals surface area contributed by atoms with E-state index in [9.17, 15) is 13.2 Å². The number of piperidine rings is 1. The zero-order valence-electron chi connectivity index (χ0n) is 11.4. The Labute approximate surface area is 118 Å². The molecular weight excluding hydrogens is 282 g/mol. The van der Waals surface area contributed by atoms with Gasteiger partial charge in [-0.3, -0.25) is 9.48 Å². The average molecular weight is 301 g/mol. The van der Waals surface area contributed by atoms with Crippen molar-refractivity contribution in [3.8, 4) is 0 Å². The standard InChI is InChI=1S/C12H19N3O4S/c1-14-9-11(7-13-14)20(18,19)15-6-2-3-10(8-15)4-5-12(16)17/h7,9-10H,2-6,8H2,1H3,(H,16,17). The van der Waals surface area contributed by atoms with Gasteiger partial charge in [0.25, 0.3) is 0 Å². The van der Waals surface area contributed by atoms with Crippen molar-refractivity contribution < 1.29 is 18.3 Å². The molecule has 0 radical (unpaired) electrons. The number of carbonyl (C=O) groups is 1. The first-order valence-corrected chi connectivity index (χ1v) is 8.04. The zero-order chi connectivity index (χ0) is 14.8. The molecule has 1 fully saturated rings. The van der Waals surface area contributed by atoms with Crippen molar-refractivity contribution in [3.63, 3.8) is 0 Å². The van der Waals surface area contributed by atoms with Crippen LogP contribution in [0.5, 0.6) is 0 Å². The Kier molecular flexibility index (Phi) is 4.44. The number of aryl methyl sites for hydroxylation is 1. The van der Waals surface area contributed by atoms with Crippen LogP contribution in [0.15, 0.2) is 17.3 Å². The molecule has 1 N–H and O–H groups in total. The smallest absolute Gasteiger partial charge is 0.303 e. The van der Waals surface area contributed by atoms with Crippen molar-refractivity contribution in [2.75, 3.05) is 13.1 Å². The van der Waals surface area contributed by atoms with E-state index in [1.807, 2.05) is 0 Å². The van der Waals surface area contributed by atoms with Crippen LogP contribution in [0.4, 0.5) is 0 Å². The first-order chi connectivity index (χ1) is 9.39. The van der Waals surface area contributed by atoms with Crippen LogP contribution in [0, 0.1) is 5.92 Å². The summed E-state index contributed by atoms with van der Waals surface area (Å²) in [6, 6.07) is 0. The van der Waals surface area contributed by atoms with E-state index in [1.165, 1.54) is 21.4 Å². The lowest BCUT2D eigenvalue weighted by Gasteiger charge is -2.31. The number of rotatable bonds is 5. The van der Waals surface area contributed by atoms with Gasteiger partial charge >= 0.3 is 5.97 Å². The molecule has 0 spiro atoms. The highest BCUT2D eigenvalue weighted by atomic mass is 32.2.